The van der Waals surface area contributed by atoms with E-state index in [4.69, 9.17) is 4.74 Å². The second kappa shape index (κ2) is 11.8. The number of sulfonamides is 2. The molecular weight excluding hydrogens is 550 g/mol. The number of nitrogens with one attached hydrogen (secondary N) is 2. The van der Waals surface area contributed by atoms with Gasteiger partial charge in [0, 0.05) is 11.4 Å². The Balaban J connectivity index is 1.52. The van der Waals surface area contributed by atoms with Crippen molar-refractivity contribution >= 4 is 43.0 Å². The van der Waals surface area contributed by atoms with Crippen molar-refractivity contribution < 1.29 is 26.4 Å². The molecule has 0 fully saturated rings. The van der Waals surface area contributed by atoms with Gasteiger partial charge in [0.05, 0.1) is 22.6 Å². The second-order valence-electron chi connectivity index (χ2n) is 9.00. The van der Waals surface area contributed by atoms with Crippen LogP contribution in [0, 0.1) is 13.8 Å². The van der Waals surface area contributed by atoms with Crippen LogP contribution in [0.25, 0.3) is 0 Å². The van der Waals surface area contributed by atoms with Gasteiger partial charge in [-0.1, -0.05) is 24.3 Å². The predicted molar refractivity (Wildman–Crippen MR) is 156 cm³/mol. The first kappa shape index (κ1) is 28.7. The molecule has 4 rings (SSSR count). The smallest absolute Gasteiger partial charge is 0.264 e. The molecule has 0 bridgehead atoms. The molecule has 0 radical (unpaired) electrons. The van der Waals surface area contributed by atoms with Gasteiger partial charge < -0.3 is 10.1 Å². The molecule has 40 heavy (non-hydrogen) atoms. The van der Waals surface area contributed by atoms with Crippen LogP contribution in [0.4, 0.5) is 17.1 Å². The van der Waals surface area contributed by atoms with Gasteiger partial charge in [0.1, 0.15) is 12.3 Å². The monoisotopic (exact) mass is 579 g/mol. The van der Waals surface area contributed by atoms with Crippen molar-refractivity contribution in [3.05, 3.63) is 108 Å². The molecule has 1 amide bonds. The molecule has 0 saturated heterocycles. The maximum Gasteiger partial charge on any atom is 0.264 e. The standard InChI is InChI=1S/C29H29N3O6S2/c1-21-9-14-25(19-22(21)2)32(40(36,37)28-7-5-4-6-8-28)20-29(33)30-23-12-17-27(18-13-23)39(34,35)31-24-10-15-26(38-3)16-11-24/h4-19,31H,20H2,1-3H3,(H,30,33). The fourth-order valence-electron chi connectivity index (χ4n) is 3.84. The summed E-state index contributed by atoms with van der Waals surface area (Å²) in [5, 5.41) is 2.66. The lowest BCUT2D eigenvalue weighted by atomic mass is 10.1. The third-order valence-corrected chi connectivity index (χ3v) is 9.37. The van der Waals surface area contributed by atoms with Crippen molar-refractivity contribution in [2.24, 2.45) is 0 Å². The zero-order valence-corrected chi connectivity index (χ0v) is 23.8. The van der Waals surface area contributed by atoms with Gasteiger partial charge in [0.15, 0.2) is 0 Å². The van der Waals surface area contributed by atoms with E-state index in [9.17, 15) is 21.6 Å². The van der Waals surface area contributed by atoms with Crippen LogP contribution in [-0.4, -0.2) is 36.4 Å². The van der Waals surface area contributed by atoms with E-state index in [1.807, 2.05) is 13.8 Å². The van der Waals surface area contributed by atoms with Gasteiger partial charge in [-0.25, -0.2) is 16.8 Å². The third kappa shape index (κ3) is 6.61. The first-order valence-corrected chi connectivity index (χ1v) is 15.1. The third-order valence-electron chi connectivity index (χ3n) is 6.19. The van der Waals surface area contributed by atoms with Crippen LogP contribution < -0.4 is 19.1 Å². The summed E-state index contributed by atoms with van der Waals surface area (Å²) in [5.74, 6) is 0.000360. The van der Waals surface area contributed by atoms with Gasteiger partial charge in [-0.15, -0.1) is 0 Å². The van der Waals surface area contributed by atoms with Crippen molar-refractivity contribution in [3.8, 4) is 5.75 Å². The molecule has 0 aliphatic rings. The molecule has 0 saturated carbocycles. The molecule has 0 aliphatic heterocycles. The number of benzene rings is 4. The van der Waals surface area contributed by atoms with Crippen LogP contribution in [0.1, 0.15) is 11.1 Å². The van der Waals surface area contributed by atoms with E-state index in [0.29, 0.717) is 22.8 Å². The minimum Gasteiger partial charge on any atom is -0.497 e. The zero-order valence-electron chi connectivity index (χ0n) is 22.2. The van der Waals surface area contributed by atoms with Crippen LogP contribution in [-0.2, 0) is 24.8 Å². The Labute approximate surface area is 234 Å². The molecule has 4 aromatic carbocycles. The number of aryl methyl sites for hydroxylation is 2. The summed E-state index contributed by atoms with van der Waals surface area (Å²) < 4.78 is 61.2. The number of hydrogen-bond acceptors (Lipinski definition) is 6. The molecule has 0 heterocycles. The van der Waals surface area contributed by atoms with Gasteiger partial charge in [-0.05, 0) is 97.8 Å². The van der Waals surface area contributed by atoms with E-state index in [2.05, 4.69) is 10.0 Å². The highest BCUT2D eigenvalue weighted by Gasteiger charge is 2.27. The van der Waals surface area contributed by atoms with Gasteiger partial charge >= 0.3 is 0 Å². The minimum absolute atomic E-state index is 0.00951. The molecule has 0 spiro atoms. The Morgan fingerprint density at radius 2 is 1.38 bits per heavy atom. The van der Waals surface area contributed by atoms with E-state index in [1.54, 1.807) is 60.7 Å². The number of amides is 1. The molecule has 0 aliphatic carbocycles. The molecule has 0 unspecified atom stereocenters. The largest absolute Gasteiger partial charge is 0.497 e. The fraction of sp³-hybridized carbons (Fsp3) is 0.138. The Bertz CT molecular complexity index is 1710. The van der Waals surface area contributed by atoms with Gasteiger partial charge in [0.2, 0.25) is 5.91 Å². The molecule has 0 aromatic heterocycles. The normalized spacial score (nSPS) is 11.5. The summed E-state index contributed by atoms with van der Waals surface area (Å²) in [4.78, 5) is 13.1. The average molecular weight is 580 g/mol. The van der Waals surface area contributed by atoms with Crippen molar-refractivity contribution in [3.63, 3.8) is 0 Å². The number of methoxy groups -OCH3 is 1. The van der Waals surface area contributed by atoms with Crippen LogP contribution in [0.15, 0.2) is 107 Å². The van der Waals surface area contributed by atoms with E-state index in [0.717, 1.165) is 15.4 Å². The highest BCUT2D eigenvalue weighted by atomic mass is 32.2. The summed E-state index contributed by atoms with van der Waals surface area (Å²) in [6.07, 6.45) is 0. The highest BCUT2D eigenvalue weighted by Crippen LogP contribution is 2.26. The maximum absolute atomic E-state index is 13.5. The number of carbonyl (C=O) groups is 1. The molecule has 0 atom stereocenters. The minimum atomic E-state index is -4.05. The molecule has 9 nitrogen and oxygen atoms in total. The highest BCUT2D eigenvalue weighted by molar-refractivity contribution is 7.93. The molecule has 2 N–H and O–H groups in total. The van der Waals surface area contributed by atoms with E-state index in [-0.39, 0.29) is 9.79 Å². The van der Waals surface area contributed by atoms with Crippen LogP contribution >= 0.6 is 0 Å². The van der Waals surface area contributed by atoms with E-state index < -0.39 is 32.5 Å². The SMILES string of the molecule is COc1ccc(NS(=O)(=O)c2ccc(NC(=O)CN(c3ccc(C)c(C)c3)S(=O)(=O)c3ccccc3)cc2)cc1. The number of nitrogens with zero attached hydrogens (tertiary/aromatic N) is 1. The van der Waals surface area contributed by atoms with Gasteiger partial charge in [-0.2, -0.15) is 0 Å². The molecular formula is C29H29N3O6S2. The average Bonchev–Trinajstić information content (AvgIpc) is 2.94. The molecule has 4 aromatic rings. The van der Waals surface area contributed by atoms with Crippen molar-refractivity contribution in [1.82, 2.24) is 0 Å². The summed E-state index contributed by atoms with van der Waals surface area (Å²) in [7, 11) is -6.42. The quantitative estimate of drug-likeness (QED) is 0.274. The lowest BCUT2D eigenvalue weighted by Crippen LogP contribution is -2.38. The number of anilines is 3. The lowest BCUT2D eigenvalue weighted by molar-refractivity contribution is -0.114. The number of hydrogen-bond donors (Lipinski definition) is 2. The van der Waals surface area contributed by atoms with Crippen molar-refractivity contribution in [2.45, 2.75) is 23.6 Å². The number of ether oxygens (including phenoxy) is 1. The van der Waals surface area contributed by atoms with Crippen molar-refractivity contribution in [2.75, 3.05) is 28.0 Å². The Hall–Kier alpha value is -4.35. The Morgan fingerprint density at radius 3 is 1.98 bits per heavy atom. The summed E-state index contributed by atoms with van der Waals surface area (Å²) in [6, 6.07) is 25.1. The van der Waals surface area contributed by atoms with Crippen molar-refractivity contribution in [1.29, 1.82) is 0 Å². The Kier molecular flexibility index (Phi) is 8.46. The predicted octanol–water partition coefficient (Wildman–Crippen LogP) is 4.95. The summed E-state index contributed by atoms with van der Waals surface area (Å²) >= 11 is 0. The summed E-state index contributed by atoms with van der Waals surface area (Å²) in [6.45, 7) is 3.29. The van der Waals surface area contributed by atoms with Crippen LogP contribution in [0.5, 0.6) is 5.75 Å². The zero-order chi connectivity index (χ0) is 28.9. The second-order valence-corrected chi connectivity index (χ2v) is 12.5. The number of rotatable bonds is 10. The maximum atomic E-state index is 13.5. The first-order chi connectivity index (χ1) is 19.0. The summed E-state index contributed by atoms with van der Waals surface area (Å²) in [5.41, 5.74) is 2.90. The number of carbonyl (C=O) groups excluding carboxylic acids is 1. The lowest BCUT2D eigenvalue weighted by Gasteiger charge is -2.25. The van der Waals surface area contributed by atoms with E-state index in [1.165, 1.54) is 43.5 Å². The Morgan fingerprint density at radius 1 is 0.750 bits per heavy atom. The topological polar surface area (TPSA) is 122 Å². The van der Waals surface area contributed by atoms with Gasteiger partial charge in [-0.3, -0.25) is 13.8 Å². The molecule has 11 heteroatoms. The van der Waals surface area contributed by atoms with Crippen LogP contribution in [0.3, 0.4) is 0 Å². The van der Waals surface area contributed by atoms with Crippen LogP contribution in [0.2, 0.25) is 0 Å². The fourth-order valence-corrected chi connectivity index (χ4v) is 6.33. The molecule has 208 valence electrons. The first-order valence-electron chi connectivity index (χ1n) is 12.2. The van der Waals surface area contributed by atoms with E-state index >= 15 is 0 Å². The van der Waals surface area contributed by atoms with Gasteiger partial charge in [0.25, 0.3) is 20.0 Å².